The molecule has 0 unspecified atom stereocenters. The third kappa shape index (κ3) is 6.25. The number of amides is 1. The van der Waals surface area contributed by atoms with Gasteiger partial charge in [-0.15, -0.1) is 0 Å². The van der Waals surface area contributed by atoms with Crippen LogP contribution in [0, 0.1) is 0 Å². The number of carbonyl (C=O) groups excluding carboxylic acids is 1. The van der Waals surface area contributed by atoms with Crippen molar-refractivity contribution in [1.29, 1.82) is 0 Å². The lowest BCUT2D eigenvalue weighted by Crippen LogP contribution is -2.28. The first-order valence-electron chi connectivity index (χ1n) is 6.83. The van der Waals surface area contributed by atoms with Gasteiger partial charge in [0.15, 0.2) is 0 Å². The molecule has 4 heteroatoms. The Balaban J connectivity index is 2.20. The maximum atomic E-state index is 11.3. The molecular formula is C15H24N2O2. The number of nitrogens with two attached hydrogens (primary N) is 1. The van der Waals surface area contributed by atoms with Crippen LogP contribution in [0.1, 0.15) is 38.2 Å². The van der Waals surface area contributed by atoms with Gasteiger partial charge in [-0.05, 0) is 36.6 Å². The lowest BCUT2D eigenvalue weighted by Gasteiger charge is -2.09. The maximum Gasteiger partial charge on any atom is 0.220 e. The van der Waals surface area contributed by atoms with E-state index in [1.54, 1.807) is 0 Å². The van der Waals surface area contributed by atoms with Gasteiger partial charge in [-0.25, -0.2) is 0 Å². The Morgan fingerprint density at radius 3 is 2.58 bits per heavy atom. The minimum absolute atomic E-state index is 0.0317. The van der Waals surface area contributed by atoms with E-state index in [2.05, 4.69) is 31.3 Å². The highest BCUT2D eigenvalue weighted by Crippen LogP contribution is 2.18. The summed E-state index contributed by atoms with van der Waals surface area (Å²) in [5, 5.41) is 2.80. The van der Waals surface area contributed by atoms with Crippen molar-refractivity contribution in [3.8, 4) is 5.75 Å². The van der Waals surface area contributed by atoms with Gasteiger partial charge >= 0.3 is 0 Å². The van der Waals surface area contributed by atoms with Crippen LogP contribution in [0.2, 0.25) is 0 Å². The molecule has 0 fully saturated rings. The minimum Gasteiger partial charge on any atom is -0.492 e. The fourth-order valence-corrected chi connectivity index (χ4v) is 1.66. The lowest BCUT2D eigenvalue weighted by molar-refractivity contribution is -0.121. The molecule has 0 spiro atoms. The van der Waals surface area contributed by atoms with Gasteiger partial charge in [0.2, 0.25) is 5.91 Å². The molecule has 0 atom stereocenters. The molecule has 4 nitrogen and oxygen atoms in total. The van der Waals surface area contributed by atoms with Gasteiger partial charge in [-0.2, -0.15) is 0 Å². The van der Waals surface area contributed by atoms with Gasteiger partial charge in [-0.3, -0.25) is 4.79 Å². The minimum atomic E-state index is 0.0317. The third-order valence-corrected chi connectivity index (χ3v) is 2.85. The molecule has 1 amide bonds. The van der Waals surface area contributed by atoms with Crippen molar-refractivity contribution in [2.45, 2.75) is 32.6 Å². The summed E-state index contributed by atoms with van der Waals surface area (Å²) in [6.45, 7) is 5.87. The van der Waals surface area contributed by atoms with E-state index in [1.165, 1.54) is 5.56 Å². The number of benzene rings is 1. The molecule has 0 heterocycles. The van der Waals surface area contributed by atoms with E-state index in [9.17, 15) is 4.79 Å². The fourth-order valence-electron chi connectivity index (χ4n) is 1.66. The van der Waals surface area contributed by atoms with E-state index in [0.717, 1.165) is 12.2 Å². The van der Waals surface area contributed by atoms with Gasteiger partial charge in [0.25, 0.3) is 0 Å². The summed E-state index contributed by atoms with van der Waals surface area (Å²) >= 11 is 0. The first-order chi connectivity index (χ1) is 9.13. The zero-order valence-corrected chi connectivity index (χ0v) is 11.8. The molecule has 0 saturated heterocycles. The first-order valence-corrected chi connectivity index (χ1v) is 6.83. The van der Waals surface area contributed by atoms with Crippen molar-refractivity contribution in [2.24, 2.45) is 5.73 Å². The number of hydrogen-bond acceptors (Lipinski definition) is 3. The van der Waals surface area contributed by atoms with Gasteiger partial charge in [0.05, 0.1) is 6.54 Å². The van der Waals surface area contributed by atoms with E-state index < -0.39 is 0 Å². The van der Waals surface area contributed by atoms with Gasteiger partial charge in [0, 0.05) is 6.42 Å². The van der Waals surface area contributed by atoms with Crippen molar-refractivity contribution in [1.82, 2.24) is 5.32 Å². The van der Waals surface area contributed by atoms with Crippen molar-refractivity contribution >= 4 is 5.91 Å². The molecule has 19 heavy (non-hydrogen) atoms. The van der Waals surface area contributed by atoms with Crippen LogP contribution in [0.4, 0.5) is 0 Å². The van der Waals surface area contributed by atoms with Crippen LogP contribution >= 0.6 is 0 Å². The van der Waals surface area contributed by atoms with Gasteiger partial charge in [-0.1, -0.05) is 26.0 Å². The van der Waals surface area contributed by atoms with Crippen LogP contribution < -0.4 is 15.8 Å². The molecule has 1 rings (SSSR count). The molecule has 3 N–H and O–H groups in total. The van der Waals surface area contributed by atoms with E-state index in [0.29, 0.717) is 32.0 Å². The number of rotatable bonds is 8. The molecule has 1 aromatic rings. The Hall–Kier alpha value is -1.55. The summed E-state index contributed by atoms with van der Waals surface area (Å²) in [5.41, 5.74) is 6.63. The molecule has 0 bridgehead atoms. The molecular weight excluding hydrogens is 240 g/mol. The monoisotopic (exact) mass is 264 g/mol. The van der Waals surface area contributed by atoms with Crippen LogP contribution in [0.15, 0.2) is 24.3 Å². The normalized spacial score (nSPS) is 10.5. The van der Waals surface area contributed by atoms with E-state index in [1.807, 2.05) is 12.1 Å². The summed E-state index contributed by atoms with van der Waals surface area (Å²) in [4.78, 5) is 11.3. The molecule has 1 aromatic carbocycles. The van der Waals surface area contributed by atoms with Crippen molar-refractivity contribution in [2.75, 3.05) is 19.7 Å². The summed E-state index contributed by atoms with van der Waals surface area (Å²) in [6, 6.07) is 8.07. The average Bonchev–Trinajstić information content (AvgIpc) is 2.41. The topological polar surface area (TPSA) is 64.3 Å². The van der Waals surface area contributed by atoms with E-state index >= 15 is 0 Å². The maximum absolute atomic E-state index is 11.3. The molecule has 0 aliphatic rings. The number of hydrogen-bond donors (Lipinski definition) is 2. The Kier molecular flexibility index (Phi) is 6.97. The predicted molar refractivity (Wildman–Crippen MR) is 77.3 cm³/mol. The first kappa shape index (κ1) is 15.5. The third-order valence-electron chi connectivity index (χ3n) is 2.85. The summed E-state index contributed by atoms with van der Waals surface area (Å²) in [5.74, 6) is 1.39. The van der Waals surface area contributed by atoms with Crippen LogP contribution in [0.25, 0.3) is 0 Å². The second-order valence-corrected chi connectivity index (χ2v) is 4.81. The summed E-state index contributed by atoms with van der Waals surface area (Å²) < 4.78 is 5.56. The largest absolute Gasteiger partial charge is 0.492 e. The molecule has 0 aliphatic heterocycles. The molecule has 106 valence electrons. The Bertz CT molecular complexity index is 374. The Morgan fingerprint density at radius 1 is 1.32 bits per heavy atom. The number of ether oxygens (including phenoxy) is 1. The van der Waals surface area contributed by atoms with E-state index in [4.69, 9.17) is 10.5 Å². The van der Waals surface area contributed by atoms with E-state index in [-0.39, 0.29) is 5.91 Å². The number of nitrogens with one attached hydrogen (secondary N) is 1. The molecule has 0 radical (unpaired) electrons. The van der Waals surface area contributed by atoms with Crippen molar-refractivity contribution in [3.05, 3.63) is 29.8 Å². The second-order valence-electron chi connectivity index (χ2n) is 4.81. The van der Waals surface area contributed by atoms with Crippen molar-refractivity contribution in [3.63, 3.8) is 0 Å². The second kappa shape index (κ2) is 8.53. The Labute approximate surface area is 115 Å². The lowest BCUT2D eigenvalue weighted by atomic mass is 10.0. The summed E-state index contributed by atoms with van der Waals surface area (Å²) in [7, 11) is 0. The Morgan fingerprint density at radius 2 is 2.00 bits per heavy atom. The fraction of sp³-hybridized carbons (Fsp3) is 0.533. The molecule has 0 aliphatic carbocycles. The van der Waals surface area contributed by atoms with Gasteiger partial charge < -0.3 is 15.8 Å². The van der Waals surface area contributed by atoms with Crippen LogP contribution in [0.3, 0.4) is 0 Å². The van der Waals surface area contributed by atoms with Crippen molar-refractivity contribution < 1.29 is 9.53 Å². The molecule has 0 saturated carbocycles. The standard InChI is InChI=1S/C15H24N2O2/c1-12(2)13-5-7-14(8-6-13)19-11-10-17-15(18)4-3-9-16/h5-8,12H,3-4,9-11,16H2,1-2H3,(H,17,18). The zero-order valence-electron chi connectivity index (χ0n) is 11.8. The average molecular weight is 264 g/mol. The van der Waals surface area contributed by atoms with Gasteiger partial charge in [0.1, 0.15) is 12.4 Å². The van der Waals surface area contributed by atoms with Crippen LogP contribution in [-0.2, 0) is 4.79 Å². The predicted octanol–water partition coefficient (Wildman–Crippen LogP) is 2.04. The highest BCUT2D eigenvalue weighted by Gasteiger charge is 2.01. The van der Waals surface area contributed by atoms with Crippen LogP contribution in [0.5, 0.6) is 5.75 Å². The zero-order chi connectivity index (χ0) is 14.1. The number of carbonyl (C=O) groups is 1. The van der Waals surface area contributed by atoms with Crippen LogP contribution in [-0.4, -0.2) is 25.6 Å². The SMILES string of the molecule is CC(C)c1ccc(OCCNC(=O)CCCN)cc1. The smallest absolute Gasteiger partial charge is 0.220 e. The molecule has 0 aromatic heterocycles. The highest BCUT2D eigenvalue weighted by atomic mass is 16.5. The summed E-state index contributed by atoms with van der Waals surface area (Å²) in [6.07, 6.45) is 1.21. The highest BCUT2D eigenvalue weighted by molar-refractivity contribution is 5.75. The quantitative estimate of drug-likeness (QED) is 0.706.